The lowest BCUT2D eigenvalue weighted by Gasteiger charge is -2.04. The van der Waals surface area contributed by atoms with E-state index >= 15 is 0 Å². The summed E-state index contributed by atoms with van der Waals surface area (Å²) < 4.78 is 5.80. The molecule has 0 aromatic heterocycles. The van der Waals surface area contributed by atoms with Crippen molar-refractivity contribution in [2.24, 2.45) is 5.92 Å². The van der Waals surface area contributed by atoms with E-state index in [1.165, 1.54) is 17.5 Å². The highest BCUT2D eigenvalue weighted by molar-refractivity contribution is 5.25. The van der Waals surface area contributed by atoms with Crippen molar-refractivity contribution in [2.45, 2.75) is 18.9 Å². The van der Waals surface area contributed by atoms with Crippen molar-refractivity contribution in [1.29, 1.82) is 0 Å². The fourth-order valence-electron chi connectivity index (χ4n) is 2.44. The first-order valence-corrected chi connectivity index (χ1v) is 6.60. The smallest absolute Gasteiger partial charge is 0.0717 e. The number of hydrogen-bond acceptors (Lipinski definition) is 1. The Balaban J connectivity index is 1.44. The van der Waals surface area contributed by atoms with E-state index < -0.39 is 0 Å². The van der Waals surface area contributed by atoms with Crippen LogP contribution in [0.1, 0.15) is 23.5 Å². The minimum absolute atomic E-state index is 0.719. The third kappa shape index (κ3) is 2.80. The number of rotatable bonds is 5. The maximum absolute atomic E-state index is 5.80. The Morgan fingerprint density at radius 2 is 1.56 bits per heavy atom. The van der Waals surface area contributed by atoms with Gasteiger partial charge < -0.3 is 4.74 Å². The molecule has 1 fully saturated rings. The van der Waals surface area contributed by atoms with Gasteiger partial charge in [-0.2, -0.15) is 0 Å². The van der Waals surface area contributed by atoms with Crippen molar-refractivity contribution in [2.75, 3.05) is 6.61 Å². The summed E-state index contributed by atoms with van der Waals surface area (Å²) in [7, 11) is 0. The number of benzene rings is 2. The largest absolute Gasteiger partial charge is 0.376 e. The van der Waals surface area contributed by atoms with Crippen LogP contribution >= 0.6 is 0 Å². The van der Waals surface area contributed by atoms with Gasteiger partial charge in [-0.3, -0.25) is 0 Å². The van der Waals surface area contributed by atoms with E-state index in [4.69, 9.17) is 4.74 Å². The highest BCUT2D eigenvalue weighted by Gasteiger charge is 2.37. The first-order chi connectivity index (χ1) is 8.93. The second-order valence-corrected chi connectivity index (χ2v) is 5.01. The van der Waals surface area contributed by atoms with Gasteiger partial charge in [-0.25, -0.2) is 0 Å². The standard InChI is InChI=1S/C17H18O/c1-3-7-14(8-4-1)12-18-13-16-11-17(16)15-9-5-2-6-10-15/h1-10,16-17H,11-13H2/t16-,17+/m1/s1. The molecule has 1 saturated carbocycles. The summed E-state index contributed by atoms with van der Waals surface area (Å²) in [5.74, 6) is 1.44. The zero-order chi connectivity index (χ0) is 12.2. The Bertz CT molecular complexity index is 477. The van der Waals surface area contributed by atoms with Crippen molar-refractivity contribution in [1.82, 2.24) is 0 Å². The summed E-state index contributed by atoms with van der Waals surface area (Å²) in [6.07, 6.45) is 1.28. The highest BCUT2D eigenvalue weighted by atomic mass is 16.5. The fourth-order valence-corrected chi connectivity index (χ4v) is 2.44. The Labute approximate surface area is 108 Å². The van der Waals surface area contributed by atoms with Crippen LogP contribution in [0.25, 0.3) is 0 Å². The van der Waals surface area contributed by atoms with Gasteiger partial charge in [-0.1, -0.05) is 60.7 Å². The molecule has 1 heteroatoms. The lowest BCUT2D eigenvalue weighted by molar-refractivity contribution is 0.110. The lowest BCUT2D eigenvalue weighted by Crippen LogP contribution is -1.98. The first-order valence-electron chi connectivity index (χ1n) is 6.60. The van der Waals surface area contributed by atoms with Crippen LogP contribution in [-0.4, -0.2) is 6.61 Å². The van der Waals surface area contributed by atoms with Gasteiger partial charge in [0, 0.05) is 0 Å². The topological polar surface area (TPSA) is 9.23 Å². The van der Waals surface area contributed by atoms with Gasteiger partial charge in [0.15, 0.2) is 0 Å². The molecular formula is C17H18O. The zero-order valence-electron chi connectivity index (χ0n) is 10.5. The molecule has 1 nitrogen and oxygen atoms in total. The highest BCUT2D eigenvalue weighted by Crippen LogP contribution is 2.47. The molecule has 0 saturated heterocycles. The molecule has 1 aliphatic carbocycles. The zero-order valence-corrected chi connectivity index (χ0v) is 10.5. The van der Waals surface area contributed by atoms with E-state index in [0.29, 0.717) is 0 Å². The molecule has 92 valence electrons. The quantitative estimate of drug-likeness (QED) is 0.764. The summed E-state index contributed by atoms with van der Waals surface area (Å²) in [5.41, 5.74) is 2.72. The Morgan fingerprint density at radius 1 is 0.889 bits per heavy atom. The van der Waals surface area contributed by atoms with Gasteiger partial charge in [-0.15, -0.1) is 0 Å². The third-order valence-electron chi connectivity index (χ3n) is 3.59. The molecule has 2 aromatic carbocycles. The monoisotopic (exact) mass is 238 g/mol. The molecule has 2 aromatic rings. The molecular weight excluding hydrogens is 220 g/mol. The summed E-state index contributed by atoms with van der Waals surface area (Å²) >= 11 is 0. The number of ether oxygens (including phenoxy) is 1. The second-order valence-electron chi connectivity index (χ2n) is 5.01. The summed E-state index contributed by atoms with van der Waals surface area (Å²) in [5, 5.41) is 0. The van der Waals surface area contributed by atoms with E-state index in [9.17, 15) is 0 Å². The van der Waals surface area contributed by atoms with Gasteiger partial charge in [0.1, 0.15) is 0 Å². The predicted octanol–water partition coefficient (Wildman–Crippen LogP) is 4.01. The molecule has 2 atom stereocenters. The van der Waals surface area contributed by atoms with Crippen molar-refractivity contribution in [3.05, 3.63) is 71.8 Å². The summed E-state index contributed by atoms with van der Waals surface area (Å²) in [6.45, 7) is 1.62. The van der Waals surface area contributed by atoms with Gasteiger partial charge in [0.2, 0.25) is 0 Å². The Kier molecular flexibility index (Phi) is 3.42. The number of hydrogen-bond donors (Lipinski definition) is 0. The Morgan fingerprint density at radius 3 is 2.28 bits per heavy atom. The molecule has 0 unspecified atom stereocenters. The molecule has 0 aliphatic heterocycles. The SMILES string of the molecule is c1ccc(COC[C@H]2C[C@H]2c2ccccc2)cc1. The van der Waals surface area contributed by atoms with Crippen LogP contribution in [-0.2, 0) is 11.3 Å². The van der Waals surface area contributed by atoms with Crippen molar-refractivity contribution >= 4 is 0 Å². The maximum atomic E-state index is 5.80. The van der Waals surface area contributed by atoms with Crippen molar-refractivity contribution in [3.63, 3.8) is 0 Å². The molecule has 0 spiro atoms. The molecule has 0 heterocycles. The maximum Gasteiger partial charge on any atom is 0.0717 e. The first kappa shape index (κ1) is 11.5. The molecule has 18 heavy (non-hydrogen) atoms. The average molecular weight is 238 g/mol. The van der Waals surface area contributed by atoms with Crippen molar-refractivity contribution < 1.29 is 4.74 Å². The molecule has 0 amide bonds. The van der Waals surface area contributed by atoms with Crippen LogP contribution < -0.4 is 0 Å². The van der Waals surface area contributed by atoms with Gasteiger partial charge >= 0.3 is 0 Å². The van der Waals surface area contributed by atoms with Crippen LogP contribution in [0.15, 0.2) is 60.7 Å². The van der Waals surface area contributed by atoms with E-state index in [2.05, 4.69) is 54.6 Å². The summed E-state index contributed by atoms with van der Waals surface area (Å²) in [6, 6.07) is 21.1. The minimum atomic E-state index is 0.719. The van der Waals surface area contributed by atoms with Crippen LogP contribution in [0.3, 0.4) is 0 Å². The Hall–Kier alpha value is -1.60. The molecule has 0 radical (unpaired) electrons. The normalized spacial score (nSPS) is 21.8. The third-order valence-corrected chi connectivity index (χ3v) is 3.59. The second kappa shape index (κ2) is 5.36. The van der Waals surface area contributed by atoms with Gasteiger partial charge in [0.05, 0.1) is 13.2 Å². The van der Waals surface area contributed by atoms with Crippen LogP contribution in [0.2, 0.25) is 0 Å². The van der Waals surface area contributed by atoms with Gasteiger partial charge in [0.25, 0.3) is 0 Å². The van der Waals surface area contributed by atoms with E-state index in [1.807, 2.05) is 6.07 Å². The lowest BCUT2D eigenvalue weighted by atomic mass is 10.1. The fraction of sp³-hybridized carbons (Fsp3) is 0.294. The van der Waals surface area contributed by atoms with Crippen molar-refractivity contribution in [3.8, 4) is 0 Å². The molecule has 0 bridgehead atoms. The van der Waals surface area contributed by atoms with Gasteiger partial charge in [-0.05, 0) is 29.4 Å². The predicted molar refractivity (Wildman–Crippen MR) is 73.4 cm³/mol. The summed E-state index contributed by atoms with van der Waals surface area (Å²) in [4.78, 5) is 0. The average Bonchev–Trinajstić information content (AvgIpc) is 3.21. The minimum Gasteiger partial charge on any atom is -0.376 e. The van der Waals surface area contributed by atoms with E-state index in [1.54, 1.807) is 0 Å². The molecule has 1 aliphatic rings. The molecule has 3 rings (SSSR count). The van der Waals surface area contributed by atoms with Crippen LogP contribution in [0.4, 0.5) is 0 Å². The van der Waals surface area contributed by atoms with E-state index in [0.717, 1.165) is 25.0 Å². The van der Waals surface area contributed by atoms with E-state index in [-0.39, 0.29) is 0 Å². The van der Waals surface area contributed by atoms with Crippen LogP contribution in [0, 0.1) is 5.92 Å². The molecule has 0 N–H and O–H groups in total. The van der Waals surface area contributed by atoms with Crippen LogP contribution in [0.5, 0.6) is 0 Å².